The van der Waals surface area contributed by atoms with E-state index in [0.29, 0.717) is 12.0 Å². The molecule has 3 heterocycles. The van der Waals surface area contributed by atoms with E-state index >= 15 is 0 Å². The van der Waals surface area contributed by atoms with Crippen LogP contribution >= 0.6 is 0 Å². The second-order valence-electron chi connectivity index (χ2n) is 8.18. The molecule has 2 aromatic rings. The van der Waals surface area contributed by atoms with Crippen LogP contribution in [0.1, 0.15) is 29.9 Å². The molecule has 3 saturated heterocycles. The Kier molecular flexibility index (Phi) is 6.23. The first-order valence-corrected chi connectivity index (χ1v) is 10.4. The van der Waals surface area contributed by atoms with E-state index in [1.807, 2.05) is 7.11 Å². The van der Waals surface area contributed by atoms with Gasteiger partial charge in [0.2, 0.25) is 0 Å². The van der Waals surface area contributed by atoms with E-state index in [9.17, 15) is 0 Å². The number of hydrogen-bond donors (Lipinski definition) is 0. The summed E-state index contributed by atoms with van der Waals surface area (Å²) in [5, 5.41) is 0. The van der Waals surface area contributed by atoms with Crippen molar-refractivity contribution in [2.24, 2.45) is 5.92 Å². The van der Waals surface area contributed by atoms with Crippen molar-refractivity contribution in [3.05, 3.63) is 71.8 Å². The van der Waals surface area contributed by atoms with E-state index in [2.05, 4.69) is 70.5 Å². The Morgan fingerprint density at radius 1 is 0.889 bits per heavy atom. The number of piperidine rings is 1. The third kappa shape index (κ3) is 4.60. The highest BCUT2D eigenvalue weighted by atomic mass is 16.5. The fourth-order valence-electron chi connectivity index (χ4n) is 4.94. The maximum absolute atomic E-state index is 5.34. The highest BCUT2D eigenvalue weighted by Gasteiger charge is 2.35. The summed E-state index contributed by atoms with van der Waals surface area (Å²) in [5.41, 5.74) is 2.85. The SMILES string of the molecule is COCCN1C[C@H]2CC[C@@H]1CN(CC(c1ccccc1)c1ccccc1)C2. The minimum absolute atomic E-state index is 0.442. The summed E-state index contributed by atoms with van der Waals surface area (Å²) in [7, 11) is 1.81. The average Bonchev–Trinajstić information content (AvgIpc) is 3.02. The van der Waals surface area contributed by atoms with Gasteiger partial charge in [-0.1, -0.05) is 60.7 Å². The third-order valence-electron chi connectivity index (χ3n) is 6.33. The van der Waals surface area contributed by atoms with E-state index in [-0.39, 0.29) is 0 Å². The van der Waals surface area contributed by atoms with E-state index < -0.39 is 0 Å². The maximum Gasteiger partial charge on any atom is 0.0589 e. The number of ether oxygens (including phenoxy) is 1. The first-order valence-electron chi connectivity index (χ1n) is 10.4. The van der Waals surface area contributed by atoms with Crippen molar-refractivity contribution < 1.29 is 4.74 Å². The lowest BCUT2D eigenvalue weighted by molar-refractivity contribution is 0.0868. The number of hydrogen-bond acceptors (Lipinski definition) is 3. The molecule has 27 heavy (non-hydrogen) atoms. The minimum Gasteiger partial charge on any atom is -0.383 e. The predicted molar refractivity (Wildman–Crippen MR) is 111 cm³/mol. The van der Waals surface area contributed by atoms with Gasteiger partial charge in [-0.15, -0.1) is 0 Å². The number of nitrogens with zero attached hydrogens (tertiary/aromatic N) is 2. The van der Waals surface area contributed by atoms with Gasteiger partial charge in [-0.2, -0.15) is 0 Å². The molecule has 3 fully saturated rings. The fraction of sp³-hybridized carbons (Fsp3) is 0.500. The summed E-state index contributed by atoms with van der Waals surface area (Å²) < 4.78 is 5.34. The molecule has 3 heteroatoms. The lowest BCUT2D eigenvalue weighted by Gasteiger charge is -2.36. The zero-order chi connectivity index (χ0) is 18.5. The number of rotatable bonds is 7. The lowest BCUT2D eigenvalue weighted by atomic mass is 9.90. The molecule has 3 aliphatic rings. The molecular formula is C24H32N2O. The Hall–Kier alpha value is -1.68. The van der Waals surface area contributed by atoms with Crippen molar-refractivity contribution >= 4 is 0 Å². The Morgan fingerprint density at radius 3 is 2.19 bits per heavy atom. The first-order chi connectivity index (χ1) is 13.3. The second kappa shape index (κ2) is 9.01. The van der Waals surface area contributed by atoms with Crippen LogP contribution in [0.25, 0.3) is 0 Å². The molecule has 0 spiro atoms. The average molecular weight is 365 g/mol. The van der Waals surface area contributed by atoms with Gasteiger partial charge in [0.15, 0.2) is 0 Å². The molecule has 0 aliphatic carbocycles. The zero-order valence-corrected chi connectivity index (χ0v) is 16.5. The standard InChI is InChI=1S/C24H32N2O/c1-27-15-14-26-17-20-12-13-23(26)18-25(16-20)19-24(21-8-4-2-5-9-21)22-10-6-3-7-11-22/h2-11,20,23-24H,12-19H2,1H3/t20-,23+/m0/s1. The van der Waals surface area contributed by atoms with Gasteiger partial charge in [0, 0.05) is 51.8 Å². The van der Waals surface area contributed by atoms with Gasteiger partial charge in [-0.05, 0) is 29.9 Å². The second-order valence-corrected chi connectivity index (χ2v) is 8.18. The van der Waals surface area contributed by atoms with Crippen LogP contribution in [0.3, 0.4) is 0 Å². The Balaban J connectivity index is 1.52. The van der Waals surface area contributed by atoms with Crippen LogP contribution in [0.15, 0.2) is 60.7 Å². The molecule has 3 aliphatic heterocycles. The molecule has 2 aromatic carbocycles. The van der Waals surface area contributed by atoms with Crippen molar-refractivity contribution in [2.75, 3.05) is 46.4 Å². The van der Waals surface area contributed by atoms with Crippen molar-refractivity contribution in [2.45, 2.75) is 24.8 Å². The first kappa shape index (κ1) is 18.7. The summed E-state index contributed by atoms with van der Waals surface area (Å²) in [6, 6.07) is 22.7. The summed E-state index contributed by atoms with van der Waals surface area (Å²) in [6.45, 7) is 6.70. The Labute approximate surface area is 163 Å². The smallest absolute Gasteiger partial charge is 0.0589 e. The fourth-order valence-corrected chi connectivity index (χ4v) is 4.94. The molecule has 3 nitrogen and oxygen atoms in total. The van der Waals surface area contributed by atoms with Gasteiger partial charge in [-0.3, -0.25) is 4.90 Å². The van der Waals surface area contributed by atoms with Crippen molar-refractivity contribution in [1.82, 2.24) is 9.80 Å². The normalized spacial score (nSPS) is 23.6. The predicted octanol–water partition coefficient (Wildman–Crippen LogP) is 3.86. The summed E-state index contributed by atoms with van der Waals surface area (Å²) in [4.78, 5) is 5.41. The van der Waals surface area contributed by atoms with E-state index in [1.54, 1.807) is 0 Å². The van der Waals surface area contributed by atoms with Crippen LogP contribution in [-0.2, 0) is 4.74 Å². The van der Waals surface area contributed by atoms with Crippen LogP contribution in [0.5, 0.6) is 0 Å². The zero-order valence-electron chi connectivity index (χ0n) is 16.5. The summed E-state index contributed by atoms with van der Waals surface area (Å²) >= 11 is 0. The molecule has 0 saturated carbocycles. The molecule has 0 unspecified atom stereocenters. The topological polar surface area (TPSA) is 15.7 Å². The van der Waals surface area contributed by atoms with Crippen molar-refractivity contribution in [1.29, 1.82) is 0 Å². The molecule has 0 aromatic heterocycles. The monoisotopic (exact) mass is 364 g/mol. The lowest BCUT2D eigenvalue weighted by Crippen LogP contribution is -2.45. The molecule has 0 N–H and O–H groups in total. The molecule has 5 rings (SSSR count). The molecular weight excluding hydrogens is 332 g/mol. The van der Waals surface area contributed by atoms with Crippen molar-refractivity contribution in [3.63, 3.8) is 0 Å². The Morgan fingerprint density at radius 2 is 1.56 bits per heavy atom. The summed E-state index contributed by atoms with van der Waals surface area (Å²) in [6.07, 6.45) is 2.72. The van der Waals surface area contributed by atoms with Crippen LogP contribution in [0.4, 0.5) is 0 Å². The number of benzene rings is 2. The van der Waals surface area contributed by atoms with Crippen LogP contribution < -0.4 is 0 Å². The van der Waals surface area contributed by atoms with E-state index in [1.165, 1.54) is 43.6 Å². The van der Waals surface area contributed by atoms with Crippen LogP contribution in [0.2, 0.25) is 0 Å². The molecule has 144 valence electrons. The van der Waals surface area contributed by atoms with Gasteiger partial charge in [-0.25, -0.2) is 0 Å². The van der Waals surface area contributed by atoms with E-state index in [0.717, 1.165) is 25.6 Å². The molecule has 0 amide bonds. The quantitative estimate of drug-likeness (QED) is 0.742. The maximum atomic E-state index is 5.34. The summed E-state index contributed by atoms with van der Waals surface area (Å²) in [5.74, 6) is 1.24. The molecule has 2 bridgehead atoms. The van der Waals surface area contributed by atoms with E-state index in [4.69, 9.17) is 4.74 Å². The van der Waals surface area contributed by atoms with Gasteiger partial charge >= 0.3 is 0 Å². The molecule has 0 radical (unpaired) electrons. The van der Waals surface area contributed by atoms with Crippen molar-refractivity contribution in [3.8, 4) is 0 Å². The van der Waals surface area contributed by atoms with Gasteiger partial charge in [0.1, 0.15) is 0 Å². The highest BCUT2D eigenvalue weighted by molar-refractivity contribution is 5.32. The molecule has 2 atom stereocenters. The number of methoxy groups -OCH3 is 1. The third-order valence-corrected chi connectivity index (χ3v) is 6.33. The van der Waals surface area contributed by atoms with Crippen LogP contribution in [-0.4, -0.2) is 62.3 Å². The largest absolute Gasteiger partial charge is 0.383 e. The number of fused-ring (bicyclic) bond motifs is 4. The Bertz CT molecular complexity index is 651. The highest BCUT2D eigenvalue weighted by Crippen LogP contribution is 2.31. The van der Waals surface area contributed by atoms with Gasteiger partial charge < -0.3 is 9.64 Å². The van der Waals surface area contributed by atoms with Gasteiger partial charge in [0.05, 0.1) is 6.61 Å². The van der Waals surface area contributed by atoms with Gasteiger partial charge in [0.25, 0.3) is 0 Å². The minimum atomic E-state index is 0.442. The van der Waals surface area contributed by atoms with Crippen LogP contribution in [0, 0.1) is 5.92 Å².